The highest BCUT2D eigenvalue weighted by atomic mass is 35.5. The minimum absolute atomic E-state index is 0.0463. The number of hydrogen-bond donors (Lipinski definition) is 1. The summed E-state index contributed by atoms with van der Waals surface area (Å²) in [7, 11) is 0. The number of hydrogen-bond acceptors (Lipinski definition) is 2. The summed E-state index contributed by atoms with van der Waals surface area (Å²) < 4.78 is 0. The van der Waals surface area contributed by atoms with Gasteiger partial charge in [0.2, 0.25) is 0 Å². The number of nitrogens with zero attached hydrogens (tertiary/aromatic N) is 1. The van der Waals surface area contributed by atoms with E-state index in [-0.39, 0.29) is 22.8 Å². The molecule has 0 fully saturated rings. The number of carbonyl (C=O) groups is 1. The first kappa shape index (κ1) is 21.0. The van der Waals surface area contributed by atoms with Crippen molar-refractivity contribution >= 4 is 34.8 Å². The maximum atomic E-state index is 13.5. The number of amides is 1. The van der Waals surface area contributed by atoms with Crippen LogP contribution in [0.5, 0.6) is 0 Å². The van der Waals surface area contributed by atoms with E-state index in [1.165, 1.54) is 11.1 Å². The molecule has 1 aliphatic carbocycles. The van der Waals surface area contributed by atoms with Crippen LogP contribution < -0.4 is 5.73 Å². The first-order valence-corrected chi connectivity index (χ1v) is 10.4. The smallest absolute Gasteiger partial charge is 0.254 e. The number of rotatable bonds is 3. The van der Waals surface area contributed by atoms with Crippen molar-refractivity contribution in [3.63, 3.8) is 0 Å². The van der Waals surface area contributed by atoms with E-state index >= 15 is 0 Å². The van der Waals surface area contributed by atoms with Gasteiger partial charge >= 0.3 is 0 Å². The van der Waals surface area contributed by atoms with E-state index in [1.54, 1.807) is 12.1 Å². The number of carbonyl (C=O) groups excluding carboxylic acids is 1. The highest BCUT2D eigenvalue weighted by Gasteiger charge is 2.51. The van der Waals surface area contributed by atoms with Gasteiger partial charge in [-0.3, -0.25) is 4.79 Å². The number of fused-ring (bicyclic) bond motifs is 1. The summed E-state index contributed by atoms with van der Waals surface area (Å²) in [5, 5.41) is 0.612. The van der Waals surface area contributed by atoms with Crippen LogP contribution in [-0.2, 0) is 11.8 Å². The van der Waals surface area contributed by atoms with E-state index < -0.39 is 0 Å². The Morgan fingerprint density at radius 1 is 1.14 bits per heavy atom. The van der Waals surface area contributed by atoms with E-state index in [9.17, 15) is 4.79 Å². The molecule has 0 radical (unpaired) electrons. The Kier molecular flexibility index (Phi) is 5.46. The molecule has 28 heavy (non-hydrogen) atoms. The quantitative estimate of drug-likeness (QED) is 0.624. The van der Waals surface area contributed by atoms with Gasteiger partial charge in [0.15, 0.2) is 0 Å². The Morgan fingerprint density at radius 2 is 1.71 bits per heavy atom. The van der Waals surface area contributed by atoms with E-state index in [4.69, 9.17) is 28.9 Å². The molecule has 2 aromatic rings. The lowest BCUT2D eigenvalue weighted by Crippen LogP contribution is -2.58. The molecule has 0 aliphatic heterocycles. The van der Waals surface area contributed by atoms with Crippen LogP contribution in [0.3, 0.4) is 0 Å². The normalized spacial score (nSPS) is 19.8. The summed E-state index contributed by atoms with van der Waals surface area (Å²) in [6.45, 7) is 11.7. The van der Waals surface area contributed by atoms with Gasteiger partial charge in [0.25, 0.3) is 5.91 Å². The van der Waals surface area contributed by atoms with Crippen LogP contribution in [0.15, 0.2) is 36.4 Å². The number of halogens is 2. The fourth-order valence-electron chi connectivity index (χ4n) is 4.41. The van der Waals surface area contributed by atoms with E-state index in [1.807, 2.05) is 11.8 Å². The number of nitrogen functional groups attached to an aromatic ring is 1. The van der Waals surface area contributed by atoms with Crippen LogP contribution in [0.4, 0.5) is 5.69 Å². The van der Waals surface area contributed by atoms with Crippen LogP contribution >= 0.6 is 23.2 Å². The molecule has 150 valence electrons. The molecule has 0 saturated carbocycles. The molecular formula is C23H28Cl2N2O. The van der Waals surface area contributed by atoms with Crippen molar-refractivity contribution in [2.45, 2.75) is 52.5 Å². The summed E-state index contributed by atoms with van der Waals surface area (Å²) in [5.74, 6) is -0.0699. The monoisotopic (exact) mass is 418 g/mol. The summed E-state index contributed by atoms with van der Waals surface area (Å²) in [4.78, 5) is 15.4. The second kappa shape index (κ2) is 7.27. The van der Waals surface area contributed by atoms with Crippen LogP contribution in [-0.4, -0.2) is 23.4 Å². The third kappa shape index (κ3) is 3.19. The van der Waals surface area contributed by atoms with Gasteiger partial charge in [0.1, 0.15) is 0 Å². The molecule has 2 aromatic carbocycles. The van der Waals surface area contributed by atoms with Crippen molar-refractivity contribution in [1.29, 1.82) is 0 Å². The zero-order valence-corrected chi connectivity index (χ0v) is 18.7. The van der Waals surface area contributed by atoms with Gasteiger partial charge in [-0.2, -0.15) is 0 Å². The molecule has 0 bridgehead atoms. The van der Waals surface area contributed by atoms with Crippen LogP contribution in [0.25, 0.3) is 0 Å². The predicted molar refractivity (Wildman–Crippen MR) is 118 cm³/mol. The van der Waals surface area contributed by atoms with Crippen molar-refractivity contribution in [1.82, 2.24) is 4.90 Å². The van der Waals surface area contributed by atoms with Crippen molar-refractivity contribution in [2.24, 2.45) is 5.41 Å². The summed E-state index contributed by atoms with van der Waals surface area (Å²) >= 11 is 12.4. The molecule has 0 aromatic heterocycles. The Morgan fingerprint density at radius 3 is 2.29 bits per heavy atom. The van der Waals surface area contributed by atoms with Gasteiger partial charge in [0, 0.05) is 18.2 Å². The number of likely N-dealkylation sites (N-methyl/N-ethyl adjacent to an activating group) is 1. The average molecular weight is 419 g/mol. The molecule has 0 saturated heterocycles. The zero-order chi connectivity index (χ0) is 20.9. The minimum Gasteiger partial charge on any atom is -0.396 e. The van der Waals surface area contributed by atoms with Gasteiger partial charge in [-0.15, -0.1) is 0 Å². The van der Waals surface area contributed by atoms with Crippen molar-refractivity contribution in [3.05, 3.63) is 63.1 Å². The van der Waals surface area contributed by atoms with E-state index in [0.717, 1.165) is 6.42 Å². The second-order valence-electron chi connectivity index (χ2n) is 8.67. The van der Waals surface area contributed by atoms with Crippen molar-refractivity contribution in [3.8, 4) is 0 Å². The lowest BCUT2D eigenvalue weighted by Gasteiger charge is -2.55. The fourth-order valence-corrected chi connectivity index (χ4v) is 4.90. The third-order valence-electron chi connectivity index (χ3n) is 6.85. The largest absolute Gasteiger partial charge is 0.396 e. The topological polar surface area (TPSA) is 46.3 Å². The Labute approximate surface area is 177 Å². The fraction of sp³-hybridized carbons (Fsp3) is 0.435. The SMILES string of the molecule is CCN(C(=O)c1cc(Cl)c(N)c(Cl)c1)[C@@H]1Cc2ccccc2C(C)(C)C1(C)C. The zero-order valence-electron chi connectivity index (χ0n) is 17.1. The molecule has 1 atom stereocenters. The van der Waals surface area contributed by atoms with Crippen LogP contribution in [0, 0.1) is 5.41 Å². The first-order chi connectivity index (χ1) is 13.0. The Hall–Kier alpha value is -1.71. The Balaban J connectivity index is 2.06. The maximum Gasteiger partial charge on any atom is 0.254 e. The van der Waals surface area contributed by atoms with Crippen LogP contribution in [0.2, 0.25) is 10.0 Å². The van der Waals surface area contributed by atoms with Gasteiger partial charge < -0.3 is 10.6 Å². The Bertz CT molecular complexity index is 898. The maximum absolute atomic E-state index is 13.5. The van der Waals surface area contributed by atoms with Crippen molar-refractivity contribution in [2.75, 3.05) is 12.3 Å². The molecular weight excluding hydrogens is 391 g/mol. The van der Waals surface area contributed by atoms with Crippen molar-refractivity contribution < 1.29 is 4.79 Å². The summed E-state index contributed by atoms with van der Waals surface area (Å²) in [6.07, 6.45) is 0.822. The molecule has 1 aliphatic rings. The standard InChI is InChI=1S/C23H28Cl2N2O/c1-6-27(21(28)15-11-17(24)20(26)18(25)12-15)19-13-14-9-7-8-10-16(14)22(2,3)23(19,4)5/h7-12,19H,6,13,26H2,1-5H3/t19-/m1/s1. The van der Waals surface area contributed by atoms with Gasteiger partial charge in [-0.1, -0.05) is 75.2 Å². The molecule has 1 amide bonds. The van der Waals surface area contributed by atoms with Gasteiger partial charge in [-0.05, 0) is 47.4 Å². The number of nitrogens with two attached hydrogens (primary N) is 1. The first-order valence-electron chi connectivity index (χ1n) is 9.66. The van der Waals surface area contributed by atoms with E-state index in [0.29, 0.717) is 27.8 Å². The lowest BCUT2D eigenvalue weighted by atomic mass is 9.55. The predicted octanol–water partition coefficient (Wildman–Crippen LogP) is 5.97. The number of anilines is 1. The van der Waals surface area contributed by atoms with Gasteiger partial charge in [0.05, 0.1) is 15.7 Å². The molecule has 0 unspecified atom stereocenters. The second-order valence-corrected chi connectivity index (χ2v) is 9.48. The van der Waals surface area contributed by atoms with E-state index in [2.05, 4.69) is 52.0 Å². The van der Waals surface area contributed by atoms with Gasteiger partial charge in [-0.25, -0.2) is 0 Å². The lowest BCUT2D eigenvalue weighted by molar-refractivity contribution is 0.0215. The third-order valence-corrected chi connectivity index (χ3v) is 7.48. The average Bonchev–Trinajstić information content (AvgIpc) is 2.64. The molecule has 2 N–H and O–H groups in total. The molecule has 3 nitrogen and oxygen atoms in total. The molecule has 3 rings (SSSR count). The highest BCUT2D eigenvalue weighted by Crippen LogP contribution is 2.51. The number of benzene rings is 2. The summed E-state index contributed by atoms with van der Waals surface area (Å²) in [5.41, 5.74) is 9.06. The molecule has 0 heterocycles. The minimum atomic E-state index is -0.131. The van der Waals surface area contributed by atoms with Crippen LogP contribution in [0.1, 0.15) is 56.1 Å². The summed E-state index contributed by atoms with van der Waals surface area (Å²) in [6, 6.07) is 11.8. The molecule has 0 spiro atoms. The molecule has 5 heteroatoms. The highest BCUT2D eigenvalue weighted by molar-refractivity contribution is 6.39.